The minimum Gasteiger partial charge on any atom is -0.330 e. The smallest absolute Gasteiger partial charge is 0.211 e. The molecule has 0 fully saturated rings. The molecule has 0 amide bonds. The third kappa shape index (κ3) is 1.49. The summed E-state index contributed by atoms with van der Waals surface area (Å²) in [5.74, 6) is 0.764. The summed E-state index contributed by atoms with van der Waals surface area (Å²) >= 11 is 6.16. The number of aromatic nitrogens is 3. The fraction of sp³-hybridized carbons (Fsp3) is 0. The largest absolute Gasteiger partial charge is 0.330 e. The molecule has 0 saturated carbocycles. The van der Waals surface area contributed by atoms with Crippen molar-refractivity contribution in [3.63, 3.8) is 0 Å². The number of nitrogens with one attached hydrogen (secondary N) is 1. The lowest BCUT2D eigenvalue weighted by atomic mass is 10.1. The van der Waals surface area contributed by atoms with Crippen molar-refractivity contribution in [2.75, 3.05) is 0 Å². The average Bonchev–Trinajstić information content (AvgIpc) is 2.91. The molecule has 4 nitrogen and oxygen atoms in total. The second-order valence-electron chi connectivity index (χ2n) is 3.60. The van der Waals surface area contributed by atoms with Gasteiger partial charge in [-0.3, -0.25) is 4.40 Å². The van der Waals surface area contributed by atoms with Crippen LogP contribution in [0.1, 0.15) is 5.56 Å². The van der Waals surface area contributed by atoms with Crippen LogP contribution in [0, 0.1) is 11.3 Å². The number of fused-ring (bicyclic) bond motifs is 1. The molecule has 0 atom stereocenters. The summed E-state index contributed by atoms with van der Waals surface area (Å²) in [6.45, 7) is 0. The maximum absolute atomic E-state index is 8.79. The van der Waals surface area contributed by atoms with E-state index < -0.39 is 0 Å². The Kier molecular flexibility index (Phi) is 2.13. The number of aromatic amines is 1. The van der Waals surface area contributed by atoms with E-state index in [2.05, 4.69) is 16.0 Å². The van der Waals surface area contributed by atoms with Gasteiger partial charge in [0.25, 0.3) is 0 Å². The van der Waals surface area contributed by atoms with E-state index in [-0.39, 0.29) is 0 Å². The van der Waals surface area contributed by atoms with Crippen molar-refractivity contribution in [3.05, 3.63) is 47.4 Å². The molecule has 2 heterocycles. The van der Waals surface area contributed by atoms with E-state index in [4.69, 9.17) is 16.9 Å². The van der Waals surface area contributed by atoms with Crippen LogP contribution in [0.2, 0.25) is 5.02 Å². The maximum Gasteiger partial charge on any atom is 0.211 e. The first-order valence-electron chi connectivity index (χ1n) is 5.00. The molecule has 1 N–H and O–H groups in total. The third-order valence-electron chi connectivity index (χ3n) is 2.61. The van der Waals surface area contributed by atoms with Gasteiger partial charge in [-0.2, -0.15) is 5.26 Å². The van der Waals surface area contributed by atoms with Gasteiger partial charge in [0.2, 0.25) is 5.78 Å². The number of benzene rings is 1. The highest BCUT2D eigenvalue weighted by atomic mass is 35.5. The molecule has 1 aromatic carbocycles. The minimum absolute atomic E-state index is 0.548. The van der Waals surface area contributed by atoms with Crippen LogP contribution >= 0.6 is 11.6 Å². The molecular formula is C12H7ClN4. The van der Waals surface area contributed by atoms with E-state index >= 15 is 0 Å². The van der Waals surface area contributed by atoms with Gasteiger partial charge >= 0.3 is 0 Å². The molecule has 5 heteroatoms. The zero-order chi connectivity index (χ0) is 11.8. The molecule has 82 valence electrons. The lowest BCUT2D eigenvalue weighted by molar-refractivity contribution is 1.21. The van der Waals surface area contributed by atoms with Gasteiger partial charge < -0.3 is 4.98 Å². The van der Waals surface area contributed by atoms with Gasteiger partial charge in [-0.15, -0.1) is 0 Å². The number of nitrogens with zero attached hydrogens (tertiary/aromatic N) is 3. The fourth-order valence-corrected chi connectivity index (χ4v) is 2.07. The summed E-state index contributed by atoms with van der Waals surface area (Å²) in [6, 6.07) is 7.29. The van der Waals surface area contributed by atoms with Crippen LogP contribution in [0.15, 0.2) is 36.8 Å². The molecule has 0 saturated heterocycles. The van der Waals surface area contributed by atoms with E-state index in [1.165, 1.54) is 0 Å². The first-order valence-corrected chi connectivity index (χ1v) is 5.38. The van der Waals surface area contributed by atoms with E-state index in [1.54, 1.807) is 18.3 Å². The summed E-state index contributed by atoms with van der Waals surface area (Å²) in [4.78, 5) is 7.23. The Morgan fingerprint density at radius 2 is 2.29 bits per heavy atom. The average molecular weight is 243 g/mol. The predicted molar refractivity (Wildman–Crippen MR) is 64.7 cm³/mol. The topological polar surface area (TPSA) is 56.9 Å². The molecular weight excluding hydrogens is 236 g/mol. The maximum atomic E-state index is 8.79. The first kappa shape index (κ1) is 9.94. The van der Waals surface area contributed by atoms with Crippen molar-refractivity contribution in [1.82, 2.24) is 14.4 Å². The molecule has 0 bridgehead atoms. The van der Waals surface area contributed by atoms with E-state index in [0.717, 1.165) is 17.0 Å². The van der Waals surface area contributed by atoms with Gasteiger partial charge in [0, 0.05) is 18.0 Å². The Balaban J connectivity index is 2.23. The van der Waals surface area contributed by atoms with E-state index in [1.807, 2.05) is 22.9 Å². The SMILES string of the molecule is N#Cc1ccc(-c2cnc3[nH]ccn23)c(Cl)c1. The molecule has 17 heavy (non-hydrogen) atoms. The van der Waals surface area contributed by atoms with Gasteiger partial charge in [-0.05, 0) is 18.2 Å². The predicted octanol–water partition coefficient (Wildman–Crippen LogP) is 2.85. The zero-order valence-corrected chi connectivity index (χ0v) is 9.44. The number of H-pyrrole nitrogens is 1. The summed E-state index contributed by atoms with van der Waals surface area (Å²) < 4.78 is 1.91. The van der Waals surface area contributed by atoms with Crippen molar-refractivity contribution in [2.45, 2.75) is 0 Å². The Bertz CT molecular complexity index is 732. The zero-order valence-electron chi connectivity index (χ0n) is 8.68. The van der Waals surface area contributed by atoms with Crippen molar-refractivity contribution in [1.29, 1.82) is 5.26 Å². The van der Waals surface area contributed by atoms with E-state index in [9.17, 15) is 0 Å². The van der Waals surface area contributed by atoms with Gasteiger partial charge in [0.05, 0.1) is 28.5 Å². The lowest BCUT2D eigenvalue weighted by Gasteiger charge is -2.02. The third-order valence-corrected chi connectivity index (χ3v) is 2.92. The fourth-order valence-electron chi connectivity index (χ4n) is 1.80. The van der Waals surface area contributed by atoms with Crippen LogP contribution < -0.4 is 0 Å². The number of imidazole rings is 2. The van der Waals surface area contributed by atoms with Crippen LogP contribution in [0.4, 0.5) is 0 Å². The molecule has 0 aliphatic heterocycles. The van der Waals surface area contributed by atoms with Crippen molar-refractivity contribution >= 4 is 17.4 Å². The Morgan fingerprint density at radius 1 is 1.41 bits per heavy atom. The highest BCUT2D eigenvalue weighted by Gasteiger charge is 2.10. The minimum atomic E-state index is 0.548. The number of hydrogen-bond donors (Lipinski definition) is 1. The first-order chi connectivity index (χ1) is 8.29. The van der Waals surface area contributed by atoms with Crippen LogP contribution in [-0.4, -0.2) is 14.4 Å². The van der Waals surface area contributed by atoms with Gasteiger partial charge in [0.1, 0.15) is 0 Å². The van der Waals surface area contributed by atoms with Crippen molar-refractivity contribution < 1.29 is 0 Å². The molecule has 3 rings (SSSR count). The molecule has 0 aliphatic rings. The molecule has 0 aliphatic carbocycles. The van der Waals surface area contributed by atoms with Crippen LogP contribution in [0.3, 0.4) is 0 Å². The second kappa shape index (κ2) is 3.65. The Labute approximate surface area is 102 Å². The van der Waals surface area contributed by atoms with Crippen LogP contribution in [0.25, 0.3) is 17.0 Å². The molecule has 0 spiro atoms. The van der Waals surface area contributed by atoms with Crippen molar-refractivity contribution in [2.24, 2.45) is 0 Å². The molecule has 3 aromatic rings. The quantitative estimate of drug-likeness (QED) is 0.713. The van der Waals surface area contributed by atoms with Crippen molar-refractivity contribution in [3.8, 4) is 17.3 Å². The Hall–Kier alpha value is -2.25. The van der Waals surface area contributed by atoms with Crippen LogP contribution in [-0.2, 0) is 0 Å². The molecule has 0 radical (unpaired) electrons. The normalized spacial score (nSPS) is 10.6. The number of halogens is 1. The number of hydrogen-bond acceptors (Lipinski definition) is 2. The summed E-state index contributed by atoms with van der Waals surface area (Å²) in [6.07, 6.45) is 5.44. The number of nitriles is 1. The highest BCUT2D eigenvalue weighted by molar-refractivity contribution is 6.33. The second-order valence-corrected chi connectivity index (χ2v) is 4.01. The van der Waals surface area contributed by atoms with E-state index in [0.29, 0.717) is 10.6 Å². The highest BCUT2D eigenvalue weighted by Crippen LogP contribution is 2.28. The standard InChI is InChI=1S/C12H7ClN4/c13-10-5-8(6-14)1-2-9(10)11-7-16-12-15-3-4-17(11)12/h1-5,7H,(H,15,16). The van der Waals surface area contributed by atoms with Crippen LogP contribution in [0.5, 0.6) is 0 Å². The molecule has 2 aromatic heterocycles. The summed E-state index contributed by atoms with van der Waals surface area (Å²) in [5.41, 5.74) is 2.31. The monoisotopic (exact) mass is 242 g/mol. The Morgan fingerprint density at radius 3 is 3.06 bits per heavy atom. The lowest BCUT2D eigenvalue weighted by Crippen LogP contribution is -1.86. The van der Waals surface area contributed by atoms with Gasteiger partial charge in [0.15, 0.2) is 0 Å². The van der Waals surface area contributed by atoms with Gasteiger partial charge in [-0.1, -0.05) is 11.6 Å². The summed E-state index contributed by atoms with van der Waals surface area (Å²) in [7, 11) is 0. The van der Waals surface area contributed by atoms with Gasteiger partial charge in [-0.25, -0.2) is 4.98 Å². The number of rotatable bonds is 1. The summed E-state index contributed by atoms with van der Waals surface area (Å²) in [5, 5.41) is 9.34. The molecule has 0 unspecified atom stereocenters.